The zero-order valence-electron chi connectivity index (χ0n) is 13.6. The first-order valence-electron chi connectivity index (χ1n) is 7.78. The van der Waals surface area contributed by atoms with Crippen molar-refractivity contribution in [3.8, 4) is 11.3 Å². The highest BCUT2D eigenvalue weighted by Gasteiger charge is 2.12. The molecule has 0 saturated carbocycles. The summed E-state index contributed by atoms with van der Waals surface area (Å²) >= 11 is 16.5. The third-order valence-corrected chi connectivity index (χ3v) is 7.06. The van der Waals surface area contributed by atoms with Crippen LogP contribution in [0.4, 0.5) is 5.13 Å². The summed E-state index contributed by atoms with van der Waals surface area (Å²) < 4.78 is 1.88. The van der Waals surface area contributed by atoms with Gasteiger partial charge in [0, 0.05) is 21.0 Å². The minimum Gasteiger partial charge on any atom is -0.301 e. The fourth-order valence-corrected chi connectivity index (χ4v) is 5.32. The lowest BCUT2D eigenvalue weighted by Crippen LogP contribution is -2.13. The third kappa shape index (κ3) is 4.44. The van der Waals surface area contributed by atoms with Gasteiger partial charge in [0.25, 0.3) is 0 Å². The molecule has 0 aliphatic rings. The molecule has 0 fully saturated rings. The Hall–Kier alpha value is -1.64. The Morgan fingerprint density at radius 1 is 1.15 bits per heavy atom. The van der Waals surface area contributed by atoms with Crippen LogP contribution in [0.15, 0.2) is 52.2 Å². The number of thiazole rings is 2. The summed E-state index contributed by atoms with van der Waals surface area (Å²) in [5, 5.41) is 6.53. The molecule has 2 aromatic carbocycles. The number of hydrogen-bond acceptors (Lipinski definition) is 6. The Morgan fingerprint density at radius 3 is 2.85 bits per heavy atom. The molecule has 27 heavy (non-hydrogen) atoms. The Kier molecular flexibility index (Phi) is 5.66. The summed E-state index contributed by atoms with van der Waals surface area (Å²) in [6.07, 6.45) is 0. The lowest BCUT2D eigenvalue weighted by molar-refractivity contribution is -0.113. The Balaban J connectivity index is 1.38. The lowest BCUT2D eigenvalue weighted by atomic mass is 10.2. The maximum absolute atomic E-state index is 12.2. The van der Waals surface area contributed by atoms with Crippen molar-refractivity contribution in [1.29, 1.82) is 0 Å². The van der Waals surface area contributed by atoms with Crippen LogP contribution >= 0.6 is 57.6 Å². The third-order valence-electron chi connectivity index (χ3n) is 3.56. The van der Waals surface area contributed by atoms with E-state index in [0.29, 0.717) is 15.2 Å². The van der Waals surface area contributed by atoms with Gasteiger partial charge in [-0.2, -0.15) is 0 Å². The standard InChI is InChI=1S/C18H11Cl2N3OS3/c19-10-5-6-15-13(7-10)22-18(27-15)26-9-16(24)23-17-21-14(8-25-17)11-3-1-2-4-12(11)20/h1-8H,9H2,(H,21,23,24). The number of amides is 1. The summed E-state index contributed by atoms with van der Waals surface area (Å²) in [6, 6.07) is 13.1. The number of thioether (sulfide) groups is 1. The van der Waals surface area contributed by atoms with E-state index in [1.165, 1.54) is 23.1 Å². The summed E-state index contributed by atoms with van der Waals surface area (Å²) in [5.41, 5.74) is 2.44. The van der Waals surface area contributed by atoms with Gasteiger partial charge in [-0.3, -0.25) is 4.79 Å². The molecule has 0 aliphatic carbocycles. The molecule has 0 unspecified atom stereocenters. The van der Waals surface area contributed by atoms with Crippen molar-refractivity contribution in [2.24, 2.45) is 0 Å². The van der Waals surface area contributed by atoms with Crippen LogP contribution in [0.2, 0.25) is 10.0 Å². The van der Waals surface area contributed by atoms with E-state index in [-0.39, 0.29) is 11.7 Å². The van der Waals surface area contributed by atoms with Crippen LogP contribution in [-0.4, -0.2) is 21.6 Å². The van der Waals surface area contributed by atoms with E-state index in [1.54, 1.807) is 11.3 Å². The predicted molar refractivity (Wildman–Crippen MR) is 117 cm³/mol. The average molecular weight is 452 g/mol. The van der Waals surface area contributed by atoms with Crippen LogP contribution < -0.4 is 5.32 Å². The number of nitrogens with zero attached hydrogens (tertiary/aromatic N) is 2. The van der Waals surface area contributed by atoms with Gasteiger partial charge in [0.05, 0.1) is 21.7 Å². The second kappa shape index (κ2) is 8.16. The van der Waals surface area contributed by atoms with Crippen molar-refractivity contribution in [3.05, 3.63) is 57.9 Å². The maximum atomic E-state index is 12.2. The molecule has 4 aromatic rings. The Bertz CT molecular complexity index is 1130. The fraction of sp³-hybridized carbons (Fsp3) is 0.0556. The van der Waals surface area contributed by atoms with Gasteiger partial charge in [-0.05, 0) is 24.3 Å². The molecule has 2 heterocycles. The van der Waals surface area contributed by atoms with Crippen molar-refractivity contribution in [3.63, 3.8) is 0 Å². The summed E-state index contributed by atoms with van der Waals surface area (Å²) in [4.78, 5) is 21.2. The van der Waals surface area contributed by atoms with Crippen molar-refractivity contribution in [1.82, 2.24) is 9.97 Å². The highest BCUT2D eigenvalue weighted by Crippen LogP contribution is 2.32. The van der Waals surface area contributed by atoms with Gasteiger partial charge >= 0.3 is 0 Å². The van der Waals surface area contributed by atoms with Gasteiger partial charge in [-0.25, -0.2) is 9.97 Å². The van der Waals surface area contributed by atoms with E-state index in [1.807, 2.05) is 47.8 Å². The van der Waals surface area contributed by atoms with Crippen LogP contribution in [0, 0.1) is 0 Å². The van der Waals surface area contributed by atoms with Crippen LogP contribution in [-0.2, 0) is 4.79 Å². The Labute approximate surface area is 177 Å². The highest BCUT2D eigenvalue weighted by atomic mass is 35.5. The van der Waals surface area contributed by atoms with Gasteiger partial charge in [-0.15, -0.1) is 22.7 Å². The molecule has 0 atom stereocenters. The first-order valence-corrected chi connectivity index (χ1v) is 11.2. The smallest absolute Gasteiger partial charge is 0.236 e. The molecule has 0 spiro atoms. The molecule has 0 aliphatic heterocycles. The second-order valence-electron chi connectivity index (χ2n) is 5.45. The quantitative estimate of drug-likeness (QED) is 0.353. The first kappa shape index (κ1) is 18.7. The van der Waals surface area contributed by atoms with E-state index >= 15 is 0 Å². The number of carbonyl (C=O) groups excluding carboxylic acids is 1. The Morgan fingerprint density at radius 2 is 2.00 bits per heavy atom. The molecule has 136 valence electrons. The zero-order chi connectivity index (χ0) is 18.8. The van der Waals surface area contributed by atoms with Gasteiger partial charge in [0.2, 0.25) is 5.91 Å². The van der Waals surface area contributed by atoms with Crippen molar-refractivity contribution >= 4 is 78.9 Å². The molecule has 4 rings (SSSR count). The number of fused-ring (bicyclic) bond motifs is 1. The normalized spacial score (nSPS) is 11.0. The molecule has 1 N–H and O–H groups in total. The second-order valence-corrected chi connectivity index (χ2v) is 9.40. The van der Waals surface area contributed by atoms with Gasteiger partial charge < -0.3 is 5.32 Å². The minimum absolute atomic E-state index is 0.127. The SMILES string of the molecule is O=C(CSc1nc2cc(Cl)ccc2s1)Nc1nc(-c2ccccc2Cl)cs1. The average Bonchev–Trinajstić information content (AvgIpc) is 3.26. The molecular weight excluding hydrogens is 441 g/mol. The van der Waals surface area contributed by atoms with E-state index in [4.69, 9.17) is 23.2 Å². The number of nitrogens with one attached hydrogen (secondary N) is 1. The fourth-order valence-electron chi connectivity index (χ4n) is 2.35. The molecule has 0 bridgehead atoms. The van der Waals surface area contributed by atoms with Crippen LogP contribution in [0.25, 0.3) is 21.5 Å². The van der Waals surface area contributed by atoms with Gasteiger partial charge in [-0.1, -0.05) is 53.2 Å². The summed E-state index contributed by atoms with van der Waals surface area (Å²) in [6.45, 7) is 0. The predicted octanol–water partition coefficient (Wildman–Crippen LogP) is 6.46. The number of carbonyl (C=O) groups is 1. The monoisotopic (exact) mass is 451 g/mol. The molecule has 4 nitrogen and oxygen atoms in total. The number of aromatic nitrogens is 2. The first-order chi connectivity index (χ1) is 13.1. The van der Waals surface area contributed by atoms with Crippen molar-refractivity contribution < 1.29 is 4.79 Å². The van der Waals surface area contributed by atoms with Crippen molar-refractivity contribution in [2.75, 3.05) is 11.1 Å². The van der Waals surface area contributed by atoms with E-state index in [9.17, 15) is 4.79 Å². The minimum atomic E-state index is -0.127. The number of anilines is 1. The van der Waals surface area contributed by atoms with E-state index in [0.717, 1.165) is 25.8 Å². The largest absolute Gasteiger partial charge is 0.301 e. The molecular formula is C18H11Cl2N3OS3. The number of rotatable bonds is 5. The molecule has 1 amide bonds. The van der Waals surface area contributed by atoms with Gasteiger partial charge in [0.15, 0.2) is 9.47 Å². The van der Waals surface area contributed by atoms with Crippen LogP contribution in [0.3, 0.4) is 0 Å². The number of benzene rings is 2. The number of halogens is 2. The highest BCUT2D eigenvalue weighted by molar-refractivity contribution is 8.01. The van der Waals surface area contributed by atoms with E-state index in [2.05, 4.69) is 15.3 Å². The molecule has 0 radical (unpaired) electrons. The van der Waals surface area contributed by atoms with E-state index < -0.39 is 0 Å². The number of hydrogen-bond donors (Lipinski definition) is 1. The summed E-state index contributed by atoms with van der Waals surface area (Å²) in [5.74, 6) is 0.131. The molecule has 9 heteroatoms. The lowest BCUT2D eigenvalue weighted by Gasteiger charge is -2.01. The zero-order valence-corrected chi connectivity index (χ0v) is 17.6. The van der Waals surface area contributed by atoms with Crippen LogP contribution in [0.1, 0.15) is 0 Å². The molecule has 0 saturated heterocycles. The van der Waals surface area contributed by atoms with Crippen LogP contribution in [0.5, 0.6) is 0 Å². The maximum Gasteiger partial charge on any atom is 0.236 e. The molecule has 2 aromatic heterocycles. The topological polar surface area (TPSA) is 54.9 Å². The van der Waals surface area contributed by atoms with Crippen molar-refractivity contribution in [2.45, 2.75) is 4.34 Å². The summed E-state index contributed by atoms with van der Waals surface area (Å²) in [7, 11) is 0. The van der Waals surface area contributed by atoms with Gasteiger partial charge in [0.1, 0.15) is 0 Å².